The van der Waals surface area contributed by atoms with E-state index >= 15 is 0 Å². The molecular formula is C49H28N4O. The molecule has 0 aliphatic rings. The number of fused-ring (bicyclic) bond motifs is 2. The molecule has 3 heterocycles. The Balaban J connectivity index is 1.13. The van der Waals surface area contributed by atoms with Gasteiger partial charge in [0, 0.05) is 43.9 Å². The number of hydrogen-bond acceptors (Lipinski definition) is 4. The average Bonchev–Trinajstić information content (AvgIpc) is 3.49. The van der Waals surface area contributed by atoms with Crippen LogP contribution in [0, 0.1) is 0 Å². The Morgan fingerprint density at radius 1 is 0.370 bits per heavy atom. The molecule has 0 saturated carbocycles. The highest BCUT2D eigenvalue weighted by Crippen LogP contribution is 2.45. The van der Waals surface area contributed by atoms with Gasteiger partial charge < -0.3 is 8.98 Å². The van der Waals surface area contributed by atoms with Crippen LogP contribution in [-0.2, 0) is 0 Å². The molecule has 0 N–H and O–H groups in total. The number of nitrogens with zero attached hydrogens (tertiary/aromatic N) is 4. The Labute approximate surface area is 308 Å². The third kappa shape index (κ3) is 4.18. The van der Waals surface area contributed by atoms with E-state index in [1.54, 1.807) is 0 Å². The highest BCUT2D eigenvalue weighted by molar-refractivity contribution is 6.33. The van der Waals surface area contributed by atoms with Gasteiger partial charge in [0.2, 0.25) is 0 Å². The molecule has 0 saturated heterocycles. The molecule has 0 fully saturated rings. The lowest BCUT2D eigenvalue weighted by atomic mass is 10.00. The van der Waals surface area contributed by atoms with Gasteiger partial charge in [-0.2, -0.15) is 0 Å². The van der Waals surface area contributed by atoms with E-state index in [2.05, 4.69) is 174 Å². The maximum atomic E-state index is 6.65. The van der Waals surface area contributed by atoms with Gasteiger partial charge in [-0.3, -0.25) is 0 Å². The molecular weight excluding hydrogens is 661 g/mol. The maximum Gasteiger partial charge on any atom is 0.164 e. The van der Waals surface area contributed by atoms with Gasteiger partial charge in [0.25, 0.3) is 0 Å². The van der Waals surface area contributed by atoms with E-state index in [0.717, 1.165) is 87.7 Å². The second-order valence-electron chi connectivity index (χ2n) is 14.0. The van der Waals surface area contributed by atoms with Crippen LogP contribution in [0.1, 0.15) is 0 Å². The number of aromatic nitrogens is 4. The van der Waals surface area contributed by atoms with E-state index < -0.39 is 0 Å². The summed E-state index contributed by atoms with van der Waals surface area (Å²) in [6.07, 6.45) is 0. The third-order valence-electron chi connectivity index (χ3n) is 11.0. The first kappa shape index (κ1) is 29.2. The molecule has 5 heteroatoms. The molecule has 5 nitrogen and oxygen atoms in total. The quantitative estimate of drug-likeness (QED) is 0.185. The molecule has 0 amide bonds. The summed E-state index contributed by atoms with van der Waals surface area (Å²) in [5.41, 5.74) is 7.88. The Morgan fingerprint density at radius 2 is 0.852 bits per heavy atom. The molecule has 0 aliphatic carbocycles. The molecule has 54 heavy (non-hydrogen) atoms. The lowest BCUT2D eigenvalue weighted by Gasteiger charge is -2.13. The molecule has 12 rings (SSSR count). The third-order valence-corrected chi connectivity index (χ3v) is 11.0. The van der Waals surface area contributed by atoms with Crippen molar-refractivity contribution < 1.29 is 4.42 Å². The minimum atomic E-state index is 0.619. The van der Waals surface area contributed by atoms with Crippen molar-refractivity contribution in [1.82, 2.24) is 19.5 Å². The fourth-order valence-electron chi connectivity index (χ4n) is 8.62. The first-order valence-corrected chi connectivity index (χ1v) is 18.2. The minimum Gasteiger partial charge on any atom is -0.456 e. The van der Waals surface area contributed by atoms with Crippen LogP contribution in [0.2, 0.25) is 0 Å². The van der Waals surface area contributed by atoms with Crippen molar-refractivity contribution in [2.24, 2.45) is 0 Å². The zero-order valence-corrected chi connectivity index (χ0v) is 28.9. The van der Waals surface area contributed by atoms with Crippen molar-refractivity contribution in [3.05, 3.63) is 170 Å². The van der Waals surface area contributed by atoms with E-state index in [1.165, 1.54) is 10.8 Å². The Kier molecular flexibility index (Phi) is 5.99. The highest BCUT2D eigenvalue weighted by Gasteiger charge is 2.22. The summed E-state index contributed by atoms with van der Waals surface area (Å²) in [6.45, 7) is 0. The largest absolute Gasteiger partial charge is 0.456 e. The Morgan fingerprint density at radius 3 is 1.44 bits per heavy atom. The summed E-state index contributed by atoms with van der Waals surface area (Å²) in [7, 11) is 0. The molecule has 12 aromatic rings. The van der Waals surface area contributed by atoms with Crippen molar-refractivity contribution in [3.63, 3.8) is 0 Å². The van der Waals surface area contributed by atoms with Crippen molar-refractivity contribution in [2.45, 2.75) is 0 Å². The SMILES string of the molecule is c1cc(-c2nc(-c3cccc4ccccc34)nc(-c3cccc4ccccc34)n2)cc(-n2c3ccc4cccc5oc6cccc7ccc2c(c76)c3c45)c1. The molecule has 9 aromatic carbocycles. The van der Waals surface area contributed by atoms with Gasteiger partial charge in [0.15, 0.2) is 17.5 Å². The number of hydrogen-bond donors (Lipinski definition) is 0. The van der Waals surface area contributed by atoms with Crippen molar-refractivity contribution >= 4 is 76.1 Å². The summed E-state index contributed by atoms with van der Waals surface area (Å²) in [6, 6.07) is 59.6. The molecule has 0 spiro atoms. The summed E-state index contributed by atoms with van der Waals surface area (Å²) in [4.78, 5) is 15.6. The van der Waals surface area contributed by atoms with E-state index in [0.29, 0.717) is 17.5 Å². The molecule has 0 atom stereocenters. The van der Waals surface area contributed by atoms with Crippen LogP contribution in [0.5, 0.6) is 0 Å². The van der Waals surface area contributed by atoms with Crippen LogP contribution in [0.3, 0.4) is 0 Å². The van der Waals surface area contributed by atoms with Gasteiger partial charge in [0.05, 0.1) is 11.0 Å². The minimum absolute atomic E-state index is 0.619. The van der Waals surface area contributed by atoms with E-state index in [-0.39, 0.29) is 0 Å². The standard InChI is InChI=1S/C49H28N4O/c1-3-18-35-29(10-1)12-6-20-37(35)48-50-47(51-49(52-48)38-21-7-13-30-11-2-4-19-36(30)38)33-16-5-17-34(28-33)53-39-26-24-31-14-8-22-41-43(31)45(39)46-40(53)27-25-32-15-9-23-42(54-41)44(32)46/h1-28H. The molecule has 250 valence electrons. The average molecular weight is 689 g/mol. The van der Waals surface area contributed by atoms with Gasteiger partial charge >= 0.3 is 0 Å². The fraction of sp³-hybridized carbons (Fsp3) is 0. The predicted octanol–water partition coefficient (Wildman–Crippen LogP) is 12.8. The second kappa shape index (κ2) is 11.1. The van der Waals surface area contributed by atoms with E-state index in [4.69, 9.17) is 19.4 Å². The zero-order valence-electron chi connectivity index (χ0n) is 28.9. The molecule has 0 unspecified atom stereocenters. The van der Waals surface area contributed by atoms with Crippen LogP contribution in [0.15, 0.2) is 174 Å². The Bertz CT molecular complexity index is 3250. The summed E-state index contributed by atoms with van der Waals surface area (Å²) in [5, 5.41) is 11.5. The molecule has 0 radical (unpaired) electrons. The fourth-order valence-corrected chi connectivity index (χ4v) is 8.62. The topological polar surface area (TPSA) is 56.7 Å². The van der Waals surface area contributed by atoms with Gasteiger partial charge in [-0.15, -0.1) is 0 Å². The molecule has 0 bridgehead atoms. The second-order valence-corrected chi connectivity index (χ2v) is 14.0. The first-order valence-electron chi connectivity index (χ1n) is 18.2. The summed E-state index contributed by atoms with van der Waals surface area (Å²) < 4.78 is 9.03. The van der Waals surface area contributed by atoms with Crippen LogP contribution in [0.25, 0.3) is 116 Å². The van der Waals surface area contributed by atoms with Crippen LogP contribution in [-0.4, -0.2) is 19.5 Å². The van der Waals surface area contributed by atoms with Crippen molar-refractivity contribution in [1.29, 1.82) is 0 Å². The first-order chi connectivity index (χ1) is 26.8. The predicted molar refractivity (Wildman–Crippen MR) is 221 cm³/mol. The molecule has 3 aromatic heterocycles. The Hall–Kier alpha value is -7.37. The maximum absolute atomic E-state index is 6.65. The smallest absolute Gasteiger partial charge is 0.164 e. The summed E-state index contributed by atoms with van der Waals surface area (Å²) in [5.74, 6) is 1.90. The van der Waals surface area contributed by atoms with E-state index in [9.17, 15) is 0 Å². The van der Waals surface area contributed by atoms with Crippen LogP contribution < -0.4 is 0 Å². The highest BCUT2D eigenvalue weighted by atomic mass is 16.3. The van der Waals surface area contributed by atoms with Crippen molar-refractivity contribution in [2.75, 3.05) is 0 Å². The lowest BCUT2D eigenvalue weighted by molar-refractivity contribution is 0.664. The zero-order chi connectivity index (χ0) is 35.3. The normalized spacial score (nSPS) is 12.1. The number of rotatable bonds is 4. The van der Waals surface area contributed by atoms with Crippen LogP contribution in [0.4, 0.5) is 0 Å². The summed E-state index contributed by atoms with van der Waals surface area (Å²) >= 11 is 0. The van der Waals surface area contributed by atoms with Gasteiger partial charge in [-0.05, 0) is 68.7 Å². The van der Waals surface area contributed by atoms with Gasteiger partial charge in [-0.25, -0.2) is 15.0 Å². The van der Waals surface area contributed by atoms with Crippen molar-refractivity contribution in [3.8, 4) is 39.9 Å². The van der Waals surface area contributed by atoms with Gasteiger partial charge in [0.1, 0.15) is 11.2 Å². The monoisotopic (exact) mass is 688 g/mol. The van der Waals surface area contributed by atoms with E-state index in [1.807, 2.05) is 0 Å². The van der Waals surface area contributed by atoms with Crippen LogP contribution >= 0.6 is 0 Å². The molecule has 0 aliphatic heterocycles. The number of benzene rings is 9. The van der Waals surface area contributed by atoms with Gasteiger partial charge in [-0.1, -0.05) is 133 Å². The lowest BCUT2D eigenvalue weighted by Crippen LogP contribution is -2.02.